The maximum Gasteiger partial charge on any atom is 0.0599 e. The zero-order valence-corrected chi connectivity index (χ0v) is 9.30. The first-order chi connectivity index (χ1) is 6.13. The SMILES string of the molecule is C#CCN(C)C(CNCC)C(C)C. The standard InChI is InChI=1S/C11H22N2/c1-6-8-13(5)11(10(3)4)9-12-7-2/h1,10-12H,7-9H2,2-5H3. The highest BCUT2D eigenvalue weighted by Gasteiger charge is 2.16. The van der Waals surface area contributed by atoms with Crippen LogP contribution in [0.4, 0.5) is 0 Å². The number of hydrogen-bond donors (Lipinski definition) is 1. The van der Waals surface area contributed by atoms with Crippen LogP contribution in [0.25, 0.3) is 0 Å². The molecule has 0 bridgehead atoms. The summed E-state index contributed by atoms with van der Waals surface area (Å²) in [6, 6.07) is 0.538. The van der Waals surface area contributed by atoms with Gasteiger partial charge in [-0.25, -0.2) is 0 Å². The van der Waals surface area contributed by atoms with E-state index in [4.69, 9.17) is 6.42 Å². The highest BCUT2D eigenvalue weighted by molar-refractivity contribution is 4.90. The first kappa shape index (κ1) is 12.5. The lowest BCUT2D eigenvalue weighted by atomic mass is 10.0. The minimum atomic E-state index is 0.538. The molecular weight excluding hydrogens is 160 g/mol. The fourth-order valence-electron chi connectivity index (χ4n) is 1.45. The van der Waals surface area contributed by atoms with Crippen molar-refractivity contribution in [3.8, 4) is 12.3 Å². The molecule has 0 saturated carbocycles. The Morgan fingerprint density at radius 3 is 2.46 bits per heavy atom. The van der Waals surface area contributed by atoms with Gasteiger partial charge in [0.2, 0.25) is 0 Å². The largest absolute Gasteiger partial charge is 0.315 e. The maximum absolute atomic E-state index is 5.28. The summed E-state index contributed by atoms with van der Waals surface area (Å²) in [6.45, 7) is 9.36. The highest BCUT2D eigenvalue weighted by atomic mass is 15.1. The predicted molar refractivity (Wildman–Crippen MR) is 58.6 cm³/mol. The van der Waals surface area contributed by atoms with Crippen LogP contribution in [-0.2, 0) is 0 Å². The van der Waals surface area contributed by atoms with Crippen LogP contribution in [0.2, 0.25) is 0 Å². The van der Waals surface area contributed by atoms with Gasteiger partial charge in [0.15, 0.2) is 0 Å². The number of rotatable bonds is 6. The second kappa shape index (κ2) is 6.94. The minimum Gasteiger partial charge on any atom is -0.315 e. The second-order valence-corrected chi connectivity index (χ2v) is 3.74. The summed E-state index contributed by atoms with van der Waals surface area (Å²) in [6.07, 6.45) is 5.28. The zero-order chi connectivity index (χ0) is 10.3. The Labute approximate surface area is 82.7 Å². The lowest BCUT2D eigenvalue weighted by molar-refractivity contribution is 0.208. The molecule has 13 heavy (non-hydrogen) atoms. The Morgan fingerprint density at radius 1 is 1.46 bits per heavy atom. The van der Waals surface area contributed by atoms with Gasteiger partial charge in [-0.15, -0.1) is 6.42 Å². The summed E-state index contributed by atoms with van der Waals surface area (Å²) >= 11 is 0. The number of likely N-dealkylation sites (N-methyl/N-ethyl adjacent to an activating group) is 2. The maximum atomic E-state index is 5.28. The zero-order valence-electron chi connectivity index (χ0n) is 9.30. The van der Waals surface area contributed by atoms with Crippen molar-refractivity contribution in [2.24, 2.45) is 5.92 Å². The van der Waals surface area contributed by atoms with Crippen LogP contribution in [0, 0.1) is 18.3 Å². The van der Waals surface area contributed by atoms with Gasteiger partial charge in [-0.3, -0.25) is 4.90 Å². The molecule has 1 atom stereocenters. The lowest BCUT2D eigenvalue weighted by Crippen LogP contribution is -2.43. The first-order valence-corrected chi connectivity index (χ1v) is 4.97. The molecule has 0 heterocycles. The van der Waals surface area contributed by atoms with E-state index in [9.17, 15) is 0 Å². The molecule has 0 saturated heterocycles. The molecule has 0 aromatic carbocycles. The molecular formula is C11H22N2. The van der Waals surface area contributed by atoms with Crippen LogP contribution in [-0.4, -0.2) is 37.6 Å². The van der Waals surface area contributed by atoms with Gasteiger partial charge in [-0.2, -0.15) is 0 Å². The molecule has 0 aliphatic rings. The number of nitrogens with one attached hydrogen (secondary N) is 1. The van der Waals surface area contributed by atoms with Crippen LogP contribution in [0.3, 0.4) is 0 Å². The highest BCUT2D eigenvalue weighted by Crippen LogP contribution is 2.07. The molecule has 0 aromatic heterocycles. The molecule has 76 valence electrons. The summed E-state index contributed by atoms with van der Waals surface area (Å²) in [4.78, 5) is 2.23. The van der Waals surface area contributed by atoms with E-state index in [-0.39, 0.29) is 0 Å². The van der Waals surface area contributed by atoms with Gasteiger partial charge in [0.1, 0.15) is 0 Å². The number of nitrogens with zero attached hydrogens (tertiary/aromatic N) is 1. The molecule has 0 aliphatic heterocycles. The van der Waals surface area contributed by atoms with Crippen LogP contribution < -0.4 is 5.32 Å². The molecule has 2 heteroatoms. The van der Waals surface area contributed by atoms with Gasteiger partial charge in [-0.05, 0) is 19.5 Å². The van der Waals surface area contributed by atoms with Gasteiger partial charge >= 0.3 is 0 Å². The molecule has 1 unspecified atom stereocenters. The van der Waals surface area contributed by atoms with E-state index in [1.165, 1.54) is 0 Å². The van der Waals surface area contributed by atoms with Gasteiger partial charge in [0, 0.05) is 12.6 Å². The van der Waals surface area contributed by atoms with Crippen molar-refractivity contribution in [3.05, 3.63) is 0 Å². The summed E-state index contributed by atoms with van der Waals surface area (Å²) in [5.41, 5.74) is 0. The van der Waals surface area contributed by atoms with Crippen LogP contribution >= 0.6 is 0 Å². The molecule has 0 fully saturated rings. The Morgan fingerprint density at radius 2 is 2.08 bits per heavy atom. The Hall–Kier alpha value is -0.520. The molecule has 0 spiro atoms. The van der Waals surface area contributed by atoms with Crippen molar-refractivity contribution in [3.63, 3.8) is 0 Å². The van der Waals surface area contributed by atoms with E-state index >= 15 is 0 Å². The van der Waals surface area contributed by atoms with Crippen LogP contribution in [0.15, 0.2) is 0 Å². The molecule has 0 aliphatic carbocycles. The summed E-state index contributed by atoms with van der Waals surface area (Å²) < 4.78 is 0. The average Bonchev–Trinajstić information content (AvgIpc) is 2.05. The van der Waals surface area contributed by atoms with Crippen molar-refractivity contribution >= 4 is 0 Å². The van der Waals surface area contributed by atoms with Crippen molar-refractivity contribution in [1.29, 1.82) is 0 Å². The average molecular weight is 182 g/mol. The third-order valence-electron chi connectivity index (χ3n) is 2.28. The Kier molecular flexibility index (Phi) is 6.66. The van der Waals surface area contributed by atoms with Gasteiger partial charge in [0.05, 0.1) is 6.54 Å². The van der Waals surface area contributed by atoms with Crippen molar-refractivity contribution in [1.82, 2.24) is 10.2 Å². The van der Waals surface area contributed by atoms with Crippen molar-refractivity contribution in [2.75, 3.05) is 26.7 Å². The topological polar surface area (TPSA) is 15.3 Å². The molecule has 0 radical (unpaired) electrons. The third-order valence-corrected chi connectivity index (χ3v) is 2.28. The first-order valence-electron chi connectivity index (χ1n) is 4.97. The lowest BCUT2D eigenvalue weighted by Gasteiger charge is -2.29. The Balaban J connectivity index is 4.00. The van der Waals surface area contributed by atoms with E-state index in [1.54, 1.807) is 0 Å². The van der Waals surface area contributed by atoms with Crippen molar-refractivity contribution < 1.29 is 0 Å². The fraction of sp³-hybridized carbons (Fsp3) is 0.818. The molecule has 0 rings (SSSR count). The van der Waals surface area contributed by atoms with Crippen molar-refractivity contribution in [2.45, 2.75) is 26.8 Å². The third kappa shape index (κ3) is 4.92. The van der Waals surface area contributed by atoms with Gasteiger partial charge < -0.3 is 5.32 Å². The van der Waals surface area contributed by atoms with E-state index in [1.807, 2.05) is 0 Å². The van der Waals surface area contributed by atoms with Crippen LogP contribution in [0.1, 0.15) is 20.8 Å². The molecule has 1 N–H and O–H groups in total. The van der Waals surface area contributed by atoms with Gasteiger partial charge in [-0.1, -0.05) is 26.7 Å². The molecule has 0 aromatic rings. The summed E-state index contributed by atoms with van der Waals surface area (Å²) in [5.74, 6) is 3.31. The Bertz CT molecular complexity index is 158. The van der Waals surface area contributed by atoms with E-state index < -0.39 is 0 Å². The van der Waals surface area contributed by atoms with Gasteiger partial charge in [0.25, 0.3) is 0 Å². The minimum absolute atomic E-state index is 0.538. The van der Waals surface area contributed by atoms with Crippen LogP contribution in [0.5, 0.6) is 0 Å². The summed E-state index contributed by atoms with van der Waals surface area (Å²) in [7, 11) is 2.09. The smallest absolute Gasteiger partial charge is 0.0599 e. The quantitative estimate of drug-likeness (QED) is 0.621. The van der Waals surface area contributed by atoms with E-state index in [2.05, 4.69) is 44.0 Å². The number of hydrogen-bond acceptors (Lipinski definition) is 2. The fourth-order valence-corrected chi connectivity index (χ4v) is 1.45. The molecule has 0 amide bonds. The van der Waals surface area contributed by atoms with E-state index in [0.717, 1.165) is 19.6 Å². The number of terminal acetylenes is 1. The monoisotopic (exact) mass is 182 g/mol. The summed E-state index contributed by atoms with van der Waals surface area (Å²) in [5, 5.41) is 3.36. The predicted octanol–water partition coefficient (Wildman–Crippen LogP) is 1.19. The molecule has 2 nitrogen and oxygen atoms in total. The second-order valence-electron chi connectivity index (χ2n) is 3.74. The normalized spacial score (nSPS) is 13.3. The van der Waals surface area contributed by atoms with E-state index in [0.29, 0.717) is 12.0 Å².